The molecule has 1 aliphatic carbocycles. The zero-order valence-corrected chi connectivity index (χ0v) is 32.9. The van der Waals surface area contributed by atoms with Gasteiger partial charge in [0, 0.05) is 72.8 Å². The number of nitrogens with zero attached hydrogens (tertiary/aromatic N) is 7. The number of carboxylic acids is 1. The Balaban J connectivity index is 1.09. The minimum absolute atomic E-state index is 0.110. The van der Waals surface area contributed by atoms with Crippen molar-refractivity contribution in [3.63, 3.8) is 0 Å². The van der Waals surface area contributed by atoms with Gasteiger partial charge in [0.25, 0.3) is 5.91 Å². The second-order valence-electron chi connectivity index (χ2n) is 16.4. The third kappa shape index (κ3) is 5.43. The predicted octanol–water partition coefficient (Wildman–Crippen LogP) is 7.06. The molecule has 4 aromatic heterocycles. The molecule has 13 heteroatoms. The number of aliphatic carboxylic acids is 1. The zero-order valence-electron chi connectivity index (χ0n) is 32.9. The van der Waals surface area contributed by atoms with Gasteiger partial charge in [-0.15, -0.1) is 0 Å². The molecule has 2 fully saturated rings. The van der Waals surface area contributed by atoms with Gasteiger partial charge in [0.2, 0.25) is 0 Å². The molecular formula is C45H44FN7O5. The van der Waals surface area contributed by atoms with Gasteiger partial charge in [0.05, 0.1) is 24.5 Å². The Morgan fingerprint density at radius 2 is 1.62 bits per heavy atom. The first-order valence-corrected chi connectivity index (χ1v) is 19.9. The van der Waals surface area contributed by atoms with Crippen molar-refractivity contribution in [1.29, 1.82) is 0 Å². The fraction of sp³-hybridized carbons (Fsp3) is 0.333. The molecule has 3 aromatic carbocycles. The van der Waals surface area contributed by atoms with Crippen molar-refractivity contribution in [2.75, 3.05) is 19.8 Å². The molecule has 0 radical (unpaired) electrons. The Morgan fingerprint density at radius 3 is 2.34 bits per heavy atom. The van der Waals surface area contributed by atoms with Crippen LogP contribution in [0.5, 0.6) is 0 Å². The number of benzene rings is 3. The lowest BCUT2D eigenvalue weighted by Crippen LogP contribution is -2.41. The smallest absolute Gasteiger partial charge is 0.337 e. The summed E-state index contributed by atoms with van der Waals surface area (Å²) >= 11 is 0. The lowest BCUT2D eigenvalue weighted by Gasteiger charge is -2.29. The number of rotatable bonds is 7. The van der Waals surface area contributed by atoms with Gasteiger partial charge in [-0.2, -0.15) is 5.10 Å². The highest BCUT2D eigenvalue weighted by Crippen LogP contribution is 2.53. The van der Waals surface area contributed by atoms with Gasteiger partial charge >= 0.3 is 11.7 Å². The maximum atomic E-state index is 15.0. The van der Waals surface area contributed by atoms with Gasteiger partial charge in [-0.25, -0.2) is 14.0 Å². The molecule has 1 N–H and O–H groups in total. The van der Waals surface area contributed by atoms with E-state index in [0.29, 0.717) is 83.8 Å². The van der Waals surface area contributed by atoms with Crippen molar-refractivity contribution in [3.8, 4) is 22.6 Å². The van der Waals surface area contributed by atoms with E-state index in [1.165, 1.54) is 0 Å². The molecule has 7 aromatic rings. The van der Waals surface area contributed by atoms with Crippen molar-refractivity contribution < 1.29 is 23.8 Å². The number of ether oxygens (including phenoxy) is 1. The van der Waals surface area contributed by atoms with Crippen LogP contribution in [-0.4, -0.2) is 69.7 Å². The molecule has 3 aliphatic rings. The highest BCUT2D eigenvalue weighted by molar-refractivity contribution is 6.01. The summed E-state index contributed by atoms with van der Waals surface area (Å²) in [6, 6.07) is 19.4. The number of carbonyl (C=O) groups excluding carboxylic acids is 1. The maximum Gasteiger partial charge on any atom is 0.337 e. The minimum atomic E-state index is -1.24. The molecule has 2 atom stereocenters. The van der Waals surface area contributed by atoms with Gasteiger partial charge in [0.15, 0.2) is 0 Å². The van der Waals surface area contributed by atoms with Crippen molar-refractivity contribution in [1.82, 2.24) is 32.9 Å². The Labute approximate surface area is 333 Å². The number of amides is 1. The van der Waals surface area contributed by atoms with E-state index in [2.05, 4.69) is 12.1 Å². The summed E-state index contributed by atoms with van der Waals surface area (Å²) in [5, 5.41) is 17.5. The summed E-state index contributed by atoms with van der Waals surface area (Å²) in [6.45, 7) is 7.48. The van der Waals surface area contributed by atoms with Crippen LogP contribution in [0.4, 0.5) is 4.39 Å². The fourth-order valence-corrected chi connectivity index (χ4v) is 9.55. The number of imidazole rings is 1. The summed E-state index contributed by atoms with van der Waals surface area (Å²) in [6.07, 6.45) is 7.65. The number of carbonyl (C=O) groups is 2. The molecule has 10 rings (SSSR count). The molecule has 2 aliphatic heterocycles. The average Bonchev–Trinajstić information content (AvgIpc) is 3.64. The highest BCUT2D eigenvalue weighted by atomic mass is 19.1. The Hall–Kier alpha value is -6.21. The van der Waals surface area contributed by atoms with E-state index in [-0.39, 0.29) is 29.9 Å². The summed E-state index contributed by atoms with van der Waals surface area (Å²) in [4.78, 5) is 44.2. The fourth-order valence-electron chi connectivity index (χ4n) is 9.55. The van der Waals surface area contributed by atoms with E-state index in [9.17, 15) is 23.9 Å². The summed E-state index contributed by atoms with van der Waals surface area (Å²) in [7, 11) is 1.97. The molecule has 12 nitrogen and oxygen atoms in total. The van der Waals surface area contributed by atoms with E-state index in [1.807, 2.05) is 65.8 Å². The summed E-state index contributed by atoms with van der Waals surface area (Å²) < 4.78 is 29.3. The van der Waals surface area contributed by atoms with Crippen LogP contribution in [0.1, 0.15) is 65.0 Å². The van der Waals surface area contributed by atoms with Crippen LogP contribution in [0.3, 0.4) is 0 Å². The van der Waals surface area contributed by atoms with Gasteiger partial charge in [-0.1, -0.05) is 13.0 Å². The van der Waals surface area contributed by atoms with Crippen molar-refractivity contribution in [3.05, 3.63) is 124 Å². The van der Waals surface area contributed by atoms with Crippen LogP contribution >= 0.6 is 0 Å². The number of aryl methyl sites for hydroxylation is 3. The number of aromatic nitrogens is 6. The molecule has 0 bridgehead atoms. The predicted molar refractivity (Wildman–Crippen MR) is 217 cm³/mol. The van der Waals surface area contributed by atoms with Gasteiger partial charge in [0.1, 0.15) is 28.4 Å². The average molecular weight is 782 g/mol. The van der Waals surface area contributed by atoms with Crippen molar-refractivity contribution in [2.45, 2.75) is 64.6 Å². The third-order valence-corrected chi connectivity index (χ3v) is 12.9. The first kappa shape index (κ1) is 36.2. The van der Waals surface area contributed by atoms with Crippen LogP contribution in [0.25, 0.3) is 44.4 Å². The number of hydrogen-bond acceptors (Lipinski definition) is 5. The molecule has 1 saturated heterocycles. The Bertz CT molecular complexity index is 2880. The molecule has 1 amide bonds. The monoisotopic (exact) mass is 781 g/mol. The molecule has 2 unspecified atom stereocenters. The van der Waals surface area contributed by atoms with Crippen LogP contribution in [-0.2, 0) is 35.2 Å². The van der Waals surface area contributed by atoms with Crippen molar-refractivity contribution in [2.24, 2.45) is 13.0 Å². The van der Waals surface area contributed by atoms with E-state index in [4.69, 9.17) is 9.84 Å². The molecule has 58 heavy (non-hydrogen) atoms. The van der Waals surface area contributed by atoms with Crippen LogP contribution in [0, 0.1) is 25.6 Å². The molecule has 296 valence electrons. The van der Waals surface area contributed by atoms with Gasteiger partial charge in [-0.3, -0.25) is 18.6 Å². The second kappa shape index (κ2) is 13.2. The number of fused-ring (bicyclic) bond motifs is 3. The van der Waals surface area contributed by atoms with E-state index < -0.39 is 11.5 Å². The maximum absolute atomic E-state index is 15.0. The summed E-state index contributed by atoms with van der Waals surface area (Å²) in [5.41, 5.74) is 5.61. The number of hydrogen-bond donors (Lipinski definition) is 1. The van der Waals surface area contributed by atoms with Crippen LogP contribution < -0.4 is 5.69 Å². The van der Waals surface area contributed by atoms with E-state index in [0.717, 1.165) is 40.2 Å². The van der Waals surface area contributed by atoms with E-state index in [1.54, 1.807) is 57.0 Å². The van der Waals surface area contributed by atoms with E-state index >= 15 is 0 Å². The Kier molecular flexibility index (Phi) is 8.21. The first-order chi connectivity index (χ1) is 27.9. The zero-order chi connectivity index (χ0) is 40.2. The standard InChI is InChI=1S/C45H44FN7O5/c1-26-19-33(20-27(2)39(26)46)40-41(51-15-14-50(44(51)57)34-6-8-35-31(22-34)9-12-48(35)4)38-25-49(13-16-52(38)47-40)42(54)37-23-32-21-30(29-10-17-58-18-11-29)5-7-36(32)53(37)45(43(55)56)24-28(45)3/h5-9,12,14-15,19-23,28-29H,10-11,13,16-18,24-25H2,1-4H3,(H,55,56). The molecule has 0 spiro atoms. The number of halogens is 1. The quantitative estimate of drug-likeness (QED) is 0.185. The summed E-state index contributed by atoms with van der Waals surface area (Å²) in [5.74, 6) is -1.38. The third-order valence-electron chi connectivity index (χ3n) is 12.9. The van der Waals surface area contributed by atoms with Gasteiger partial charge < -0.3 is 23.9 Å². The molecule has 6 heterocycles. The largest absolute Gasteiger partial charge is 0.479 e. The number of carboxylic acid groups (broad SMARTS) is 1. The molecule has 1 saturated carbocycles. The first-order valence-electron chi connectivity index (χ1n) is 19.9. The minimum Gasteiger partial charge on any atom is -0.479 e. The normalized spacial score (nSPS) is 19.6. The topological polar surface area (TPSA) is 121 Å². The van der Waals surface area contributed by atoms with Crippen molar-refractivity contribution >= 4 is 33.7 Å². The lowest BCUT2D eigenvalue weighted by molar-refractivity contribution is -0.142. The Morgan fingerprint density at radius 1 is 0.897 bits per heavy atom. The molecular weight excluding hydrogens is 738 g/mol. The van der Waals surface area contributed by atoms with Crippen LogP contribution in [0.15, 0.2) is 84.0 Å². The van der Waals surface area contributed by atoms with Crippen LogP contribution in [0.2, 0.25) is 0 Å². The van der Waals surface area contributed by atoms with Gasteiger partial charge in [-0.05, 0) is 116 Å². The second-order valence-corrected chi connectivity index (χ2v) is 16.4. The lowest BCUT2D eigenvalue weighted by atomic mass is 9.91. The SMILES string of the molecule is Cc1cc(-c2nn3c(c2-n2ccn(-c4ccc5c(ccn5C)c4)c2=O)CN(C(=O)c2cc4cc(C5CCOCC5)ccc4n2C2(C(=O)O)CC2C)CC3)cc(C)c1F. The highest BCUT2D eigenvalue weighted by Gasteiger charge is 2.61.